The number of hydrogen-bond acceptors (Lipinski definition) is 4. The van der Waals surface area contributed by atoms with Crippen LogP contribution in [0.2, 0.25) is 5.02 Å². The summed E-state index contributed by atoms with van der Waals surface area (Å²) in [6, 6.07) is 7.98. The molecule has 1 aromatic carbocycles. The summed E-state index contributed by atoms with van der Waals surface area (Å²) in [5, 5.41) is 3.74. The topological polar surface area (TPSA) is 61.6 Å². The molecule has 0 spiro atoms. The highest BCUT2D eigenvalue weighted by Gasteiger charge is 2.26. The standard InChI is InChI=1S/C18H29ClN4O.ClH/c1-3-7-18(2,20)17(24)21-8-9-22-10-12-23(13-11-22)16-6-4-5-15(19)14-16;/h4-6,14H,3,7-13,20H2,1-2H3,(H,21,24);1H. The zero-order valence-corrected chi connectivity index (χ0v) is 16.7. The van der Waals surface area contributed by atoms with Crippen LogP contribution in [0.3, 0.4) is 0 Å². The lowest BCUT2D eigenvalue weighted by atomic mass is 9.96. The van der Waals surface area contributed by atoms with E-state index in [1.165, 1.54) is 5.69 Å². The second kappa shape index (κ2) is 10.2. The second-order valence-electron chi connectivity index (χ2n) is 6.73. The first-order chi connectivity index (χ1) is 11.4. The van der Waals surface area contributed by atoms with E-state index < -0.39 is 5.54 Å². The average molecular weight is 389 g/mol. The summed E-state index contributed by atoms with van der Waals surface area (Å²) in [7, 11) is 0. The Kier molecular flexibility index (Phi) is 9.00. The molecular formula is C18H30Cl2N4O. The summed E-state index contributed by atoms with van der Waals surface area (Å²) in [5.41, 5.74) is 6.45. The number of benzene rings is 1. The van der Waals surface area contributed by atoms with Crippen molar-refractivity contribution in [1.29, 1.82) is 0 Å². The minimum absolute atomic E-state index is 0. The Morgan fingerprint density at radius 3 is 2.60 bits per heavy atom. The van der Waals surface area contributed by atoms with E-state index in [4.69, 9.17) is 17.3 Å². The third kappa shape index (κ3) is 6.66. The molecule has 0 radical (unpaired) electrons. The van der Waals surface area contributed by atoms with Crippen molar-refractivity contribution in [1.82, 2.24) is 10.2 Å². The fourth-order valence-corrected chi connectivity index (χ4v) is 3.25. The summed E-state index contributed by atoms with van der Waals surface area (Å²) < 4.78 is 0. The van der Waals surface area contributed by atoms with Crippen LogP contribution in [-0.4, -0.2) is 55.6 Å². The van der Waals surface area contributed by atoms with E-state index in [1.54, 1.807) is 6.92 Å². The Hall–Kier alpha value is -1.01. The first-order valence-electron chi connectivity index (χ1n) is 8.72. The lowest BCUT2D eigenvalue weighted by molar-refractivity contribution is -0.126. The Labute approximate surface area is 162 Å². The quantitative estimate of drug-likeness (QED) is 0.753. The van der Waals surface area contributed by atoms with Crippen LogP contribution >= 0.6 is 24.0 Å². The molecule has 0 aromatic heterocycles. The number of piperazine rings is 1. The number of nitrogens with one attached hydrogen (secondary N) is 1. The maximum Gasteiger partial charge on any atom is 0.239 e. The fraction of sp³-hybridized carbons (Fsp3) is 0.611. The Balaban J connectivity index is 0.00000312. The van der Waals surface area contributed by atoms with Crippen LogP contribution in [0.15, 0.2) is 24.3 Å². The van der Waals surface area contributed by atoms with Crippen LogP contribution in [-0.2, 0) is 4.79 Å². The molecule has 1 heterocycles. The van der Waals surface area contributed by atoms with Crippen LogP contribution in [0.5, 0.6) is 0 Å². The number of anilines is 1. The van der Waals surface area contributed by atoms with Crippen molar-refractivity contribution in [2.45, 2.75) is 32.2 Å². The number of rotatable bonds is 7. The van der Waals surface area contributed by atoms with Gasteiger partial charge in [0, 0.05) is 50.0 Å². The molecule has 1 aromatic rings. The van der Waals surface area contributed by atoms with Crippen LogP contribution < -0.4 is 16.0 Å². The average Bonchev–Trinajstić information content (AvgIpc) is 2.55. The SMILES string of the molecule is CCCC(C)(N)C(=O)NCCN1CCN(c2cccc(Cl)c2)CC1.Cl. The van der Waals surface area contributed by atoms with E-state index in [0.717, 1.165) is 44.2 Å². The molecule has 1 aliphatic heterocycles. The maximum absolute atomic E-state index is 12.1. The molecule has 142 valence electrons. The number of halogens is 2. The van der Waals surface area contributed by atoms with Crippen LogP contribution in [0.4, 0.5) is 5.69 Å². The summed E-state index contributed by atoms with van der Waals surface area (Å²) in [4.78, 5) is 16.8. The molecule has 25 heavy (non-hydrogen) atoms. The van der Waals surface area contributed by atoms with Gasteiger partial charge in [-0.15, -0.1) is 12.4 Å². The Morgan fingerprint density at radius 1 is 1.32 bits per heavy atom. The predicted octanol–water partition coefficient (Wildman–Crippen LogP) is 2.52. The number of hydrogen-bond donors (Lipinski definition) is 2. The van der Waals surface area contributed by atoms with Crippen molar-refractivity contribution in [3.63, 3.8) is 0 Å². The monoisotopic (exact) mass is 388 g/mol. The summed E-state index contributed by atoms with van der Waals surface area (Å²) >= 11 is 6.06. The third-order valence-electron chi connectivity index (χ3n) is 4.55. The summed E-state index contributed by atoms with van der Waals surface area (Å²) in [5.74, 6) is -0.0538. The van der Waals surface area contributed by atoms with Crippen LogP contribution in [0.25, 0.3) is 0 Å². The maximum atomic E-state index is 12.1. The Bertz CT molecular complexity index is 546. The predicted molar refractivity (Wildman–Crippen MR) is 108 cm³/mol. The van der Waals surface area contributed by atoms with Gasteiger partial charge in [-0.25, -0.2) is 0 Å². The molecule has 5 nitrogen and oxygen atoms in total. The zero-order chi connectivity index (χ0) is 17.6. The molecule has 1 saturated heterocycles. The van der Waals surface area contributed by atoms with E-state index in [2.05, 4.69) is 21.2 Å². The van der Waals surface area contributed by atoms with Gasteiger partial charge in [-0.3, -0.25) is 9.69 Å². The van der Waals surface area contributed by atoms with E-state index in [-0.39, 0.29) is 18.3 Å². The number of nitrogens with zero attached hydrogens (tertiary/aromatic N) is 2. The highest BCUT2D eigenvalue weighted by atomic mass is 35.5. The second-order valence-corrected chi connectivity index (χ2v) is 7.17. The van der Waals surface area contributed by atoms with Crippen molar-refractivity contribution in [2.75, 3.05) is 44.2 Å². The third-order valence-corrected chi connectivity index (χ3v) is 4.78. The van der Waals surface area contributed by atoms with Crippen LogP contribution in [0, 0.1) is 0 Å². The van der Waals surface area contributed by atoms with Gasteiger partial charge in [-0.2, -0.15) is 0 Å². The molecule has 1 fully saturated rings. The lowest BCUT2D eigenvalue weighted by Gasteiger charge is -2.36. The van der Waals surface area contributed by atoms with Gasteiger partial charge in [0.1, 0.15) is 0 Å². The first kappa shape index (κ1) is 22.0. The minimum Gasteiger partial charge on any atom is -0.369 e. The molecule has 1 amide bonds. The van der Waals surface area contributed by atoms with Gasteiger partial charge in [0.05, 0.1) is 5.54 Å². The number of carbonyl (C=O) groups is 1. The lowest BCUT2D eigenvalue weighted by Crippen LogP contribution is -2.53. The van der Waals surface area contributed by atoms with Crippen molar-refractivity contribution >= 4 is 35.6 Å². The summed E-state index contributed by atoms with van der Waals surface area (Å²) in [6.45, 7) is 9.25. The number of amides is 1. The molecule has 0 aliphatic carbocycles. The highest BCUT2D eigenvalue weighted by molar-refractivity contribution is 6.30. The molecule has 0 saturated carbocycles. The van der Waals surface area contributed by atoms with E-state index in [1.807, 2.05) is 25.1 Å². The number of nitrogens with two attached hydrogens (primary N) is 1. The molecule has 3 N–H and O–H groups in total. The summed E-state index contributed by atoms with van der Waals surface area (Å²) in [6.07, 6.45) is 1.61. The van der Waals surface area contributed by atoms with Gasteiger partial charge in [0.25, 0.3) is 0 Å². The van der Waals surface area contributed by atoms with Gasteiger partial charge in [-0.05, 0) is 31.5 Å². The van der Waals surface area contributed by atoms with E-state index in [0.29, 0.717) is 13.0 Å². The largest absolute Gasteiger partial charge is 0.369 e. The van der Waals surface area contributed by atoms with Crippen molar-refractivity contribution in [2.24, 2.45) is 5.73 Å². The first-order valence-corrected chi connectivity index (χ1v) is 9.10. The molecule has 1 unspecified atom stereocenters. The van der Waals surface area contributed by atoms with Gasteiger partial charge < -0.3 is 16.0 Å². The normalized spacial score (nSPS) is 17.5. The fourth-order valence-electron chi connectivity index (χ4n) is 3.06. The van der Waals surface area contributed by atoms with Gasteiger partial charge in [-0.1, -0.05) is 31.0 Å². The smallest absolute Gasteiger partial charge is 0.239 e. The van der Waals surface area contributed by atoms with Crippen molar-refractivity contribution < 1.29 is 4.79 Å². The Morgan fingerprint density at radius 2 is 2.00 bits per heavy atom. The van der Waals surface area contributed by atoms with E-state index >= 15 is 0 Å². The molecule has 0 bridgehead atoms. The highest BCUT2D eigenvalue weighted by Crippen LogP contribution is 2.20. The molecule has 1 atom stereocenters. The van der Waals surface area contributed by atoms with Gasteiger partial charge >= 0.3 is 0 Å². The molecule has 7 heteroatoms. The number of carbonyl (C=O) groups excluding carboxylic acids is 1. The van der Waals surface area contributed by atoms with Gasteiger partial charge in [0.2, 0.25) is 5.91 Å². The molecule has 1 aliphatic rings. The zero-order valence-electron chi connectivity index (χ0n) is 15.1. The molecule has 2 rings (SSSR count). The van der Waals surface area contributed by atoms with Crippen LogP contribution in [0.1, 0.15) is 26.7 Å². The van der Waals surface area contributed by atoms with E-state index in [9.17, 15) is 4.79 Å². The molecular weight excluding hydrogens is 359 g/mol. The van der Waals surface area contributed by atoms with Gasteiger partial charge in [0.15, 0.2) is 0 Å². The minimum atomic E-state index is -0.764. The van der Waals surface area contributed by atoms with Crippen molar-refractivity contribution in [3.8, 4) is 0 Å². The van der Waals surface area contributed by atoms with Crippen molar-refractivity contribution in [3.05, 3.63) is 29.3 Å².